The van der Waals surface area contributed by atoms with E-state index in [4.69, 9.17) is 24.7 Å². The zero-order valence-electron chi connectivity index (χ0n) is 31.0. The quantitative estimate of drug-likeness (QED) is 0.166. The number of nitrogens with zero attached hydrogens (tertiary/aromatic N) is 6. The van der Waals surface area contributed by atoms with E-state index in [1.165, 1.54) is 12.1 Å². The number of halogens is 1. The molecule has 0 saturated carbocycles. The van der Waals surface area contributed by atoms with Gasteiger partial charge in [-0.05, 0) is 66.2 Å². The van der Waals surface area contributed by atoms with Crippen molar-refractivity contribution in [2.24, 2.45) is 14.1 Å². The Labute approximate surface area is 315 Å². The summed E-state index contributed by atoms with van der Waals surface area (Å²) in [6.45, 7) is 9.81. The summed E-state index contributed by atoms with van der Waals surface area (Å²) in [6, 6.07) is 21.2. The molecule has 0 spiro atoms. The van der Waals surface area contributed by atoms with Gasteiger partial charge in [0.15, 0.2) is 0 Å². The molecule has 286 valence electrons. The second kappa shape index (κ2) is 19.2. The number of hydrogen-bond donors (Lipinski definition) is 2. The molecule has 0 bridgehead atoms. The number of carbonyl (C=O) groups is 1. The van der Waals surface area contributed by atoms with Gasteiger partial charge in [0.25, 0.3) is 0 Å². The second-order valence-electron chi connectivity index (χ2n) is 13.1. The monoisotopic (exact) mass is 740 g/mol. The Bertz CT molecular complexity index is 1950. The van der Waals surface area contributed by atoms with Crippen LogP contribution in [0.4, 0.5) is 15.8 Å². The zero-order chi connectivity index (χ0) is 37.7. The molecule has 54 heavy (non-hydrogen) atoms. The molecule has 14 heteroatoms. The molecule has 2 aliphatic heterocycles. The maximum Gasteiger partial charge on any atom is 0.228 e. The molecule has 7 rings (SSSR count). The first kappa shape index (κ1) is 38.4. The van der Waals surface area contributed by atoms with Crippen molar-refractivity contribution < 1.29 is 28.1 Å². The van der Waals surface area contributed by atoms with Crippen molar-refractivity contribution in [2.45, 2.75) is 6.42 Å². The maximum atomic E-state index is 13.4. The number of hydrogen-bond acceptors (Lipinski definition) is 10. The van der Waals surface area contributed by atoms with Crippen molar-refractivity contribution >= 4 is 17.3 Å². The van der Waals surface area contributed by atoms with Gasteiger partial charge in [0.1, 0.15) is 30.5 Å². The Balaban J connectivity index is 0.000000197. The highest BCUT2D eigenvalue weighted by Crippen LogP contribution is 2.33. The number of nitrogens with two attached hydrogens (primary N) is 1. The first-order valence-electron chi connectivity index (χ1n) is 18.2. The summed E-state index contributed by atoms with van der Waals surface area (Å²) in [5.41, 5.74) is 11.6. The molecule has 2 fully saturated rings. The summed E-state index contributed by atoms with van der Waals surface area (Å²) in [6.07, 6.45) is 3.59. The SMILES string of the molecule is Cn1nccc1-c1cc(N)ccc1OCCN1CCOCC1.Cn1nccc1-c1cc(NC(=O)Cc2cccc(F)c2)ccc1OCCN1CCOCC1. The maximum absolute atomic E-state index is 13.4. The largest absolute Gasteiger partial charge is 0.492 e. The third-order valence-corrected chi connectivity index (χ3v) is 9.25. The summed E-state index contributed by atoms with van der Waals surface area (Å²) in [5, 5.41) is 11.4. The molecular formula is C40H49FN8O5. The third-order valence-electron chi connectivity index (χ3n) is 9.25. The first-order valence-corrected chi connectivity index (χ1v) is 18.2. The lowest BCUT2D eigenvalue weighted by Gasteiger charge is -2.26. The molecular weight excluding hydrogens is 691 g/mol. The average molecular weight is 741 g/mol. The van der Waals surface area contributed by atoms with Crippen molar-refractivity contribution in [3.63, 3.8) is 0 Å². The minimum absolute atomic E-state index is 0.0939. The van der Waals surface area contributed by atoms with Crippen LogP contribution in [-0.2, 0) is 34.8 Å². The highest BCUT2D eigenvalue weighted by atomic mass is 19.1. The molecule has 2 aliphatic rings. The lowest BCUT2D eigenvalue weighted by atomic mass is 10.1. The number of amides is 1. The van der Waals surface area contributed by atoms with Crippen molar-refractivity contribution in [3.05, 3.63) is 96.6 Å². The van der Waals surface area contributed by atoms with Gasteiger partial charge < -0.3 is 30.0 Å². The topological polar surface area (TPSA) is 134 Å². The smallest absolute Gasteiger partial charge is 0.228 e. The zero-order valence-corrected chi connectivity index (χ0v) is 31.0. The number of aryl methyl sites for hydroxylation is 2. The van der Waals surface area contributed by atoms with E-state index in [0.717, 1.165) is 105 Å². The van der Waals surface area contributed by atoms with Gasteiger partial charge >= 0.3 is 0 Å². The highest BCUT2D eigenvalue weighted by molar-refractivity contribution is 5.93. The van der Waals surface area contributed by atoms with E-state index in [1.807, 2.05) is 67.3 Å². The fraction of sp³-hybridized carbons (Fsp3) is 0.375. The molecule has 13 nitrogen and oxygen atoms in total. The van der Waals surface area contributed by atoms with Crippen molar-refractivity contribution in [1.29, 1.82) is 0 Å². The van der Waals surface area contributed by atoms with Crippen LogP contribution in [-0.4, -0.2) is 114 Å². The fourth-order valence-corrected chi connectivity index (χ4v) is 6.34. The van der Waals surface area contributed by atoms with Crippen LogP contribution in [0.2, 0.25) is 0 Å². The Kier molecular flexibility index (Phi) is 13.6. The standard InChI is InChI=1S/C24H27FN4O3.C16H22N4O2/c1-28-22(7-8-26-28)21-17-20(27-24(30)16-18-3-2-4-19(25)15-18)5-6-23(21)32-14-11-29-9-12-31-13-10-29;1-19-15(4-5-18-19)14-12-13(17)2-3-16(14)22-11-8-20-6-9-21-10-7-20/h2-8,15,17H,9-14,16H2,1H3,(H,27,30);2-5,12H,6-11,17H2,1H3. The summed E-state index contributed by atoms with van der Waals surface area (Å²) in [7, 11) is 3.78. The van der Waals surface area contributed by atoms with Crippen LogP contribution >= 0.6 is 0 Å². The third kappa shape index (κ3) is 10.9. The summed E-state index contributed by atoms with van der Waals surface area (Å²) >= 11 is 0. The van der Waals surface area contributed by atoms with Crippen LogP contribution < -0.4 is 20.5 Å². The summed E-state index contributed by atoms with van der Waals surface area (Å²) < 4.78 is 39.8. The van der Waals surface area contributed by atoms with Crippen LogP contribution in [0.3, 0.4) is 0 Å². The molecule has 3 aromatic carbocycles. The first-order chi connectivity index (χ1) is 26.3. The minimum atomic E-state index is -0.354. The van der Waals surface area contributed by atoms with Gasteiger partial charge in [0.05, 0.1) is 44.2 Å². The van der Waals surface area contributed by atoms with E-state index in [1.54, 1.807) is 29.2 Å². The van der Waals surface area contributed by atoms with Gasteiger partial charge in [-0.15, -0.1) is 0 Å². The van der Waals surface area contributed by atoms with Crippen LogP contribution in [0.15, 0.2) is 85.2 Å². The number of ether oxygens (including phenoxy) is 4. The minimum Gasteiger partial charge on any atom is -0.492 e. The van der Waals surface area contributed by atoms with Gasteiger partial charge in [-0.2, -0.15) is 10.2 Å². The van der Waals surface area contributed by atoms with E-state index >= 15 is 0 Å². The van der Waals surface area contributed by atoms with Crippen LogP contribution in [0.25, 0.3) is 22.5 Å². The number of benzene rings is 3. The number of rotatable bonds is 13. The molecule has 0 unspecified atom stereocenters. The number of morpholine rings is 2. The predicted octanol–water partition coefficient (Wildman–Crippen LogP) is 4.50. The Morgan fingerprint density at radius 2 is 1.31 bits per heavy atom. The van der Waals surface area contributed by atoms with Crippen molar-refractivity contribution in [2.75, 3.05) is 90.0 Å². The molecule has 3 N–H and O–H groups in total. The lowest BCUT2D eigenvalue weighted by molar-refractivity contribution is -0.115. The molecule has 1 amide bonds. The van der Waals surface area contributed by atoms with Gasteiger partial charge in [-0.1, -0.05) is 12.1 Å². The summed E-state index contributed by atoms with van der Waals surface area (Å²) in [4.78, 5) is 17.2. The van der Waals surface area contributed by atoms with Gasteiger partial charge in [-0.3, -0.25) is 24.0 Å². The van der Waals surface area contributed by atoms with E-state index in [0.29, 0.717) is 24.5 Å². The van der Waals surface area contributed by atoms with Crippen LogP contribution in [0, 0.1) is 5.82 Å². The van der Waals surface area contributed by atoms with Gasteiger partial charge in [0.2, 0.25) is 5.91 Å². The lowest BCUT2D eigenvalue weighted by Crippen LogP contribution is -2.38. The van der Waals surface area contributed by atoms with Crippen molar-refractivity contribution in [1.82, 2.24) is 29.4 Å². The Morgan fingerprint density at radius 3 is 1.85 bits per heavy atom. The molecule has 0 radical (unpaired) electrons. The molecule has 2 saturated heterocycles. The molecule has 2 aromatic heterocycles. The average Bonchev–Trinajstić information content (AvgIpc) is 3.81. The normalized spacial score (nSPS) is 14.9. The van der Waals surface area contributed by atoms with Gasteiger partial charge in [0, 0.05) is 88.3 Å². The fourth-order valence-electron chi connectivity index (χ4n) is 6.34. The number of carbonyl (C=O) groups excluding carboxylic acids is 1. The number of aromatic nitrogens is 4. The number of nitrogens with one attached hydrogen (secondary N) is 1. The van der Waals surface area contributed by atoms with Crippen LogP contribution in [0.1, 0.15) is 5.56 Å². The molecule has 5 aromatic rings. The molecule has 0 atom stereocenters. The van der Waals surface area contributed by atoms with E-state index in [2.05, 4.69) is 25.3 Å². The van der Waals surface area contributed by atoms with Crippen LogP contribution in [0.5, 0.6) is 11.5 Å². The van der Waals surface area contributed by atoms with Crippen molar-refractivity contribution in [3.8, 4) is 34.0 Å². The molecule has 0 aliphatic carbocycles. The molecule has 4 heterocycles. The van der Waals surface area contributed by atoms with E-state index in [9.17, 15) is 9.18 Å². The van der Waals surface area contributed by atoms with E-state index < -0.39 is 0 Å². The number of nitrogen functional groups attached to an aromatic ring is 1. The van der Waals surface area contributed by atoms with Gasteiger partial charge in [-0.25, -0.2) is 4.39 Å². The Hall–Kier alpha value is -5.28. The summed E-state index contributed by atoms with van der Waals surface area (Å²) in [5.74, 6) is 0.996. The second-order valence-corrected chi connectivity index (χ2v) is 13.1. The highest BCUT2D eigenvalue weighted by Gasteiger charge is 2.16. The predicted molar refractivity (Wildman–Crippen MR) is 206 cm³/mol. The van der Waals surface area contributed by atoms with E-state index in [-0.39, 0.29) is 18.1 Å². The number of anilines is 2. The Morgan fingerprint density at radius 1 is 0.759 bits per heavy atom.